The van der Waals surface area contributed by atoms with Gasteiger partial charge in [0.15, 0.2) is 0 Å². The van der Waals surface area contributed by atoms with Crippen LogP contribution in [-0.4, -0.2) is 55.8 Å². The third-order valence-corrected chi connectivity index (χ3v) is 5.38. The zero-order valence-electron chi connectivity index (χ0n) is 13.5. The maximum atomic E-state index is 12.9. The number of hydrogen-bond acceptors (Lipinski definition) is 4. The third-order valence-electron chi connectivity index (χ3n) is 4.29. The van der Waals surface area contributed by atoms with E-state index < -0.39 is 5.97 Å². The molecule has 1 aliphatic heterocycles. The van der Waals surface area contributed by atoms with Gasteiger partial charge in [0.25, 0.3) is 0 Å². The van der Waals surface area contributed by atoms with Crippen LogP contribution in [0.25, 0.3) is 0 Å². The maximum absolute atomic E-state index is 12.9. The van der Waals surface area contributed by atoms with Gasteiger partial charge >= 0.3 is 5.97 Å². The number of rotatable bonds is 4. The van der Waals surface area contributed by atoms with Crippen molar-refractivity contribution in [3.8, 4) is 0 Å². The van der Waals surface area contributed by atoms with E-state index in [0.29, 0.717) is 12.3 Å². The summed E-state index contributed by atoms with van der Waals surface area (Å²) in [7, 11) is 1.87. The Morgan fingerprint density at radius 1 is 1.45 bits per heavy atom. The van der Waals surface area contributed by atoms with Gasteiger partial charge in [-0.3, -0.25) is 14.3 Å². The summed E-state index contributed by atoms with van der Waals surface area (Å²) in [5, 5.41) is 13.4. The lowest BCUT2D eigenvalue weighted by Gasteiger charge is -2.36. The number of hydrogen-bond donors (Lipinski definition) is 1. The fourth-order valence-electron chi connectivity index (χ4n) is 3.10. The molecule has 0 bridgehead atoms. The van der Waals surface area contributed by atoms with Crippen LogP contribution in [0.15, 0.2) is 0 Å². The number of nitrogens with zero attached hydrogens (tertiary/aromatic N) is 3. The smallest absolute Gasteiger partial charge is 0.305 e. The highest BCUT2D eigenvalue weighted by atomic mass is 32.2. The van der Waals surface area contributed by atoms with Gasteiger partial charge < -0.3 is 10.0 Å². The molecule has 1 aromatic heterocycles. The summed E-state index contributed by atoms with van der Waals surface area (Å²) >= 11 is 1.71. The molecule has 0 radical (unpaired) electrons. The summed E-state index contributed by atoms with van der Waals surface area (Å²) in [6.07, 6.45) is 0.0104. The van der Waals surface area contributed by atoms with Gasteiger partial charge in [-0.2, -0.15) is 16.9 Å². The normalized spacial score (nSPS) is 20.0. The largest absolute Gasteiger partial charge is 0.481 e. The Bertz CT molecular complexity index is 585. The molecule has 22 heavy (non-hydrogen) atoms. The van der Waals surface area contributed by atoms with Crippen LogP contribution < -0.4 is 0 Å². The Balaban J connectivity index is 2.22. The highest BCUT2D eigenvalue weighted by Gasteiger charge is 2.33. The van der Waals surface area contributed by atoms with E-state index in [1.54, 1.807) is 21.3 Å². The van der Waals surface area contributed by atoms with Gasteiger partial charge in [0.1, 0.15) is 0 Å². The van der Waals surface area contributed by atoms with Crippen molar-refractivity contribution in [1.29, 1.82) is 0 Å². The molecule has 0 aliphatic carbocycles. The van der Waals surface area contributed by atoms with Gasteiger partial charge in [-0.1, -0.05) is 0 Å². The summed E-state index contributed by atoms with van der Waals surface area (Å²) in [6, 6.07) is -0.219. The molecule has 2 rings (SSSR count). The SMILES string of the molecule is Cc1nn(C)c(C)c1C(C)C(=O)N1CCSCC1CC(=O)O. The maximum Gasteiger partial charge on any atom is 0.305 e. The van der Waals surface area contributed by atoms with Gasteiger partial charge in [-0.25, -0.2) is 0 Å². The average molecular weight is 325 g/mol. The second-order valence-corrected chi connectivity index (χ2v) is 6.94. The standard InChI is InChI=1S/C15H23N3O3S/c1-9(14-10(2)16-17(4)11(14)3)15(21)18-5-6-22-8-12(18)7-13(19)20/h9,12H,5-8H2,1-4H3,(H,19,20). The van der Waals surface area contributed by atoms with Crippen molar-refractivity contribution in [3.05, 3.63) is 17.0 Å². The van der Waals surface area contributed by atoms with Crippen molar-refractivity contribution in [1.82, 2.24) is 14.7 Å². The number of aliphatic carboxylic acids is 1. The molecule has 1 fully saturated rings. The van der Waals surface area contributed by atoms with Gasteiger partial charge in [-0.05, 0) is 20.8 Å². The molecule has 1 N–H and O–H groups in total. The second kappa shape index (κ2) is 6.73. The average Bonchev–Trinajstić information content (AvgIpc) is 2.70. The molecule has 2 unspecified atom stereocenters. The van der Waals surface area contributed by atoms with E-state index in [2.05, 4.69) is 5.10 Å². The molecule has 1 aliphatic rings. The van der Waals surface area contributed by atoms with Crippen LogP contribution in [0.1, 0.15) is 36.2 Å². The number of carbonyl (C=O) groups is 2. The first-order chi connectivity index (χ1) is 10.3. The molecule has 1 aromatic rings. The summed E-state index contributed by atoms with van der Waals surface area (Å²) in [5.74, 6) is 0.403. The van der Waals surface area contributed by atoms with Crippen molar-refractivity contribution in [3.63, 3.8) is 0 Å². The Labute approximate surface area is 134 Å². The van der Waals surface area contributed by atoms with E-state index >= 15 is 0 Å². The van der Waals surface area contributed by atoms with Crippen molar-refractivity contribution in [2.24, 2.45) is 7.05 Å². The zero-order valence-corrected chi connectivity index (χ0v) is 14.3. The van der Waals surface area contributed by atoms with Crippen LogP contribution >= 0.6 is 11.8 Å². The van der Waals surface area contributed by atoms with E-state index in [-0.39, 0.29) is 24.3 Å². The first-order valence-electron chi connectivity index (χ1n) is 7.43. The number of aromatic nitrogens is 2. The van der Waals surface area contributed by atoms with E-state index in [1.165, 1.54) is 0 Å². The van der Waals surface area contributed by atoms with Gasteiger partial charge in [-0.15, -0.1) is 0 Å². The number of thioether (sulfide) groups is 1. The summed E-state index contributed by atoms with van der Waals surface area (Å²) in [4.78, 5) is 25.7. The fourth-order valence-corrected chi connectivity index (χ4v) is 4.17. The molecule has 0 aromatic carbocycles. The molecule has 0 spiro atoms. The van der Waals surface area contributed by atoms with Crippen LogP contribution in [0.5, 0.6) is 0 Å². The lowest BCUT2D eigenvalue weighted by atomic mass is 9.96. The molecule has 1 amide bonds. The first kappa shape index (κ1) is 16.9. The van der Waals surface area contributed by atoms with Crippen molar-refractivity contribution >= 4 is 23.6 Å². The first-order valence-corrected chi connectivity index (χ1v) is 8.58. The highest BCUT2D eigenvalue weighted by molar-refractivity contribution is 7.99. The highest BCUT2D eigenvalue weighted by Crippen LogP contribution is 2.28. The minimum atomic E-state index is -0.855. The van der Waals surface area contributed by atoms with E-state index in [9.17, 15) is 9.59 Å². The molecule has 2 heterocycles. The van der Waals surface area contributed by atoms with Crippen LogP contribution in [0, 0.1) is 13.8 Å². The van der Waals surface area contributed by atoms with Crippen LogP contribution in [-0.2, 0) is 16.6 Å². The van der Waals surface area contributed by atoms with E-state index in [0.717, 1.165) is 22.7 Å². The number of carbonyl (C=O) groups excluding carboxylic acids is 1. The lowest BCUT2D eigenvalue weighted by Crippen LogP contribution is -2.48. The summed E-state index contributed by atoms with van der Waals surface area (Å²) in [6.45, 7) is 6.37. The second-order valence-electron chi connectivity index (χ2n) is 5.79. The zero-order chi connectivity index (χ0) is 16.4. The molecule has 7 heteroatoms. The quantitative estimate of drug-likeness (QED) is 0.909. The molecule has 2 atom stereocenters. The fraction of sp³-hybridized carbons (Fsp3) is 0.667. The Morgan fingerprint density at radius 3 is 2.68 bits per heavy atom. The minimum Gasteiger partial charge on any atom is -0.481 e. The topological polar surface area (TPSA) is 75.4 Å². The molecular weight excluding hydrogens is 302 g/mol. The van der Waals surface area contributed by atoms with E-state index in [4.69, 9.17) is 5.11 Å². The predicted molar refractivity (Wildman–Crippen MR) is 86.2 cm³/mol. The number of aryl methyl sites for hydroxylation is 2. The Kier molecular flexibility index (Phi) is 5.16. The molecular formula is C15H23N3O3S. The van der Waals surface area contributed by atoms with Crippen molar-refractivity contribution in [2.75, 3.05) is 18.1 Å². The molecule has 1 saturated heterocycles. The number of carboxylic acids is 1. The predicted octanol–water partition coefficient (Wildman–Crippen LogP) is 1.56. The summed E-state index contributed by atoms with van der Waals surface area (Å²) < 4.78 is 1.79. The van der Waals surface area contributed by atoms with Crippen LogP contribution in [0.3, 0.4) is 0 Å². The van der Waals surface area contributed by atoms with Crippen molar-refractivity contribution in [2.45, 2.75) is 39.2 Å². The lowest BCUT2D eigenvalue weighted by molar-refractivity contribution is -0.140. The van der Waals surface area contributed by atoms with Crippen LogP contribution in [0.4, 0.5) is 0 Å². The van der Waals surface area contributed by atoms with Gasteiger partial charge in [0, 0.05) is 36.4 Å². The van der Waals surface area contributed by atoms with Crippen LogP contribution in [0.2, 0.25) is 0 Å². The van der Waals surface area contributed by atoms with E-state index in [1.807, 2.05) is 27.8 Å². The molecule has 122 valence electrons. The van der Waals surface area contributed by atoms with Crippen molar-refractivity contribution < 1.29 is 14.7 Å². The Morgan fingerprint density at radius 2 is 2.14 bits per heavy atom. The Hall–Kier alpha value is -1.50. The number of carboxylic acid groups (broad SMARTS) is 1. The monoisotopic (exact) mass is 325 g/mol. The minimum absolute atomic E-state index is 0.00532. The third kappa shape index (κ3) is 3.29. The molecule has 6 nitrogen and oxygen atoms in total. The van der Waals surface area contributed by atoms with Gasteiger partial charge in [0.2, 0.25) is 5.91 Å². The summed E-state index contributed by atoms with van der Waals surface area (Å²) in [5.41, 5.74) is 2.81. The van der Waals surface area contributed by atoms with Gasteiger partial charge in [0.05, 0.1) is 24.1 Å². The molecule has 0 saturated carbocycles. The number of amides is 1.